The maximum Gasteiger partial charge on any atom is 0.133 e. The van der Waals surface area contributed by atoms with Gasteiger partial charge in [0.1, 0.15) is 12.1 Å². The number of hydrogen-bond acceptors (Lipinski definition) is 2. The van der Waals surface area contributed by atoms with Gasteiger partial charge in [-0.15, -0.1) is 0 Å². The highest BCUT2D eigenvalue weighted by Crippen LogP contribution is 2.18. The van der Waals surface area contributed by atoms with Crippen LogP contribution in [-0.4, -0.2) is 12.1 Å². The van der Waals surface area contributed by atoms with Gasteiger partial charge >= 0.3 is 0 Å². The molecule has 0 aromatic heterocycles. The van der Waals surface area contributed by atoms with Gasteiger partial charge in [0.25, 0.3) is 0 Å². The average molecular weight is 154 g/mol. The summed E-state index contributed by atoms with van der Waals surface area (Å²) >= 11 is 0. The number of carbonyl (C=O) groups excluding carboxylic acids is 2. The second-order valence-corrected chi connectivity index (χ2v) is 3.24. The summed E-state index contributed by atoms with van der Waals surface area (Å²) in [5.41, 5.74) is 0. The molecule has 0 N–H and O–H groups in total. The Hall–Kier alpha value is -0.660. The minimum absolute atomic E-state index is 0.0165. The van der Waals surface area contributed by atoms with Gasteiger partial charge in [0.2, 0.25) is 0 Å². The molecular formula is C9H14O2. The van der Waals surface area contributed by atoms with Crippen molar-refractivity contribution in [3.05, 3.63) is 0 Å². The van der Waals surface area contributed by atoms with Crippen molar-refractivity contribution < 1.29 is 9.59 Å². The molecule has 0 aromatic rings. The molecule has 11 heavy (non-hydrogen) atoms. The van der Waals surface area contributed by atoms with Crippen molar-refractivity contribution in [2.45, 2.75) is 38.5 Å². The summed E-state index contributed by atoms with van der Waals surface area (Å²) in [6.07, 6.45) is 6.25. The highest BCUT2D eigenvalue weighted by atomic mass is 16.1. The minimum atomic E-state index is 0.0165. The standard InChI is InChI=1S/C9H14O2/c10-7-8-4-2-1-3-5-9(11)6-8/h7-8H,1-6H2. The van der Waals surface area contributed by atoms with Crippen LogP contribution < -0.4 is 0 Å². The molecule has 1 unspecified atom stereocenters. The first kappa shape index (κ1) is 8.44. The number of ketones is 1. The van der Waals surface area contributed by atoms with Crippen molar-refractivity contribution in [2.75, 3.05) is 0 Å². The van der Waals surface area contributed by atoms with Crippen LogP contribution in [0.2, 0.25) is 0 Å². The zero-order valence-electron chi connectivity index (χ0n) is 6.71. The quantitative estimate of drug-likeness (QED) is 0.539. The first-order valence-electron chi connectivity index (χ1n) is 4.30. The molecule has 1 aliphatic carbocycles. The molecule has 0 heterocycles. The highest BCUT2D eigenvalue weighted by Gasteiger charge is 2.14. The van der Waals surface area contributed by atoms with Gasteiger partial charge < -0.3 is 4.79 Å². The molecule has 1 saturated carbocycles. The first-order valence-corrected chi connectivity index (χ1v) is 4.30. The lowest BCUT2D eigenvalue weighted by atomic mass is 9.92. The molecule has 62 valence electrons. The van der Waals surface area contributed by atoms with Crippen LogP contribution in [0.1, 0.15) is 38.5 Å². The van der Waals surface area contributed by atoms with E-state index in [2.05, 4.69) is 0 Å². The fraction of sp³-hybridized carbons (Fsp3) is 0.778. The fourth-order valence-corrected chi connectivity index (χ4v) is 1.52. The lowest BCUT2D eigenvalue weighted by molar-refractivity contribution is -0.123. The lowest BCUT2D eigenvalue weighted by Gasteiger charge is -2.12. The third-order valence-electron chi connectivity index (χ3n) is 2.21. The monoisotopic (exact) mass is 154 g/mol. The van der Waals surface area contributed by atoms with Crippen molar-refractivity contribution in [1.29, 1.82) is 0 Å². The summed E-state index contributed by atoms with van der Waals surface area (Å²) in [5, 5.41) is 0. The molecule has 0 aliphatic heterocycles. The lowest BCUT2D eigenvalue weighted by Crippen LogP contribution is -2.12. The Bertz CT molecular complexity index is 152. The van der Waals surface area contributed by atoms with E-state index in [0.717, 1.165) is 32.0 Å². The predicted octanol–water partition coefficient (Wildman–Crippen LogP) is 1.72. The molecule has 1 rings (SSSR count). The zero-order valence-corrected chi connectivity index (χ0v) is 6.71. The molecule has 2 nitrogen and oxygen atoms in total. The topological polar surface area (TPSA) is 34.1 Å². The summed E-state index contributed by atoms with van der Waals surface area (Å²) in [6.45, 7) is 0. The second-order valence-electron chi connectivity index (χ2n) is 3.24. The Morgan fingerprint density at radius 1 is 1.27 bits per heavy atom. The number of Topliss-reactive ketones (excluding diaryl/α,β-unsaturated/α-hetero) is 1. The van der Waals surface area contributed by atoms with Crippen LogP contribution in [0.4, 0.5) is 0 Å². The third kappa shape index (κ3) is 2.83. The molecule has 1 aliphatic rings. The smallest absolute Gasteiger partial charge is 0.133 e. The summed E-state index contributed by atoms with van der Waals surface area (Å²) in [5.74, 6) is 0.282. The van der Waals surface area contributed by atoms with E-state index >= 15 is 0 Å². The van der Waals surface area contributed by atoms with Gasteiger partial charge in [0, 0.05) is 18.8 Å². The first-order chi connectivity index (χ1) is 5.33. The van der Waals surface area contributed by atoms with Crippen molar-refractivity contribution in [3.63, 3.8) is 0 Å². The molecule has 0 saturated heterocycles. The van der Waals surface area contributed by atoms with E-state index < -0.39 is 0 Å². The molecule has 0 bridgehead atoms. The van der Waals surface area contributed by atoms with Crippen molar-refractivity contribution in [2.24, 2.45) is 5.92 Å². The Morgan fingerprint density at radius 3 is 2.82 bits per heavy atom. The number of carbonyl (C=O) groups is 2. The summed E-state index contributed by atoms with van der Waals surface area (Å²) in [7, 11) is 0. The third-order valence-corrected chi connectivity index (χ3v) is 2.21. The van der Waals surface area contributed by atoms with Gasteiger partial charge in [0.15, 0.2) is 0 Å². The molecular weight excluding hydrogens is 140 g/mol. The molecule has 1 fully saturated rings. The van der Waals surface area contributed by atoms with Crippen molar-refractivity contribution in [3.8, 4) is 0 Å². The van der Waals surface area contributed by atoms with Crippen LogP contribution in [0.25, 0.3) is 0 Å². The average Bonchev–Trinajstić information content (AvgIpc) is 1.96. The Balaban J connectivity index is 2.41. The predicted molar refractivity (Wildman–Crippen MR) is 42.3 cm³/mol. The Kier molecular flexibility index (Phi) is 3.27. The van der Waals surface area contributed by atoms with Gasteiger partial charge in [-0.2, -0.15) is 0 Å². The Morgan fingerprint density at radius 2 is 2.09 bits per heavy atom. The van der Waals surface area contributed by atoms with E-state index in [1.54, 1.807) is 0 Å². The van der Waals surface area contributed by atoms with Crippen molar-refractivity contribution in [1.82, 2.24) is 0 Å². The molecule has 0 aromatic carbocycles. The van der Waals surface area contributed by atoms with E-state index in [9.17, 15) is 9.59 Å². The van der Waals surface area contributed by atoms with Gasteiger partial charge in [0.05, 0.1) is 0 Å². The highest BCUT2D eigenvalue weighted by molar-refractivity contribution is 5.81. The summed E-state index contributed by atoms with van der Waals surface area (Å²) < 4.78 is 0. The van der Waals surface area contributed by atoms with Crippen LogP contribution in [0.15, 0.2) is 0 Å². The van der Waals surface area contributed by atoms with E-state index in [1.165, 1.54) is 0 Å². The largest absolute Gasteiger partial charge is 0.303 e. The molecule has 2 heteroatoms. The van der Waals surface area contributed by atoms with Crippen LogP contribution in [-0.2, 0) is 9.59 Å². The van der Waals surface area contributed by atoms with Gasteiger partial charge in [-0.1, -0.05) is 12.8 Å². The van der Waals surface area contributed by atoms with Crippen molar-refractivity contribution >= 4 is 12.1 Å². The van der Waals surface area contributed by atoms with E-state index in [1.807, 2.05) is 0 Å². The van der Waals surface area contributed by atoms with Crippen LogP contribution in [0.3, 0.4) is 0 Å². The summed E-state index contributed by atoms with van der Waals surface area (Å²) in [6, 6.07) is 0. The van der Waals surface area contributed by atoms with Gasteiger partial charge in [-0.25, -0.2) is 0 Å². The van der Waals surface area contributed by atoms with E-state index in [4.69, 9.17) is 0 Å². The van der Waals surface area contributed by atoms with E-state index in [-0.39, 0.29) is 11.7 Å². The minimum Gasteiger partial charge on any atom is -0.303 e. The number of aldehydes is 1. The fourth-order valence-electron chi connectivity index (χ4n) is 1.52. The number of hydrogen-bond donors (Lipinski definition) is 0. The number of rotatable bonds is 1. The molecule has 0 amide bonds. The van der Waals surface area contributed by atoms with E-state index in [0.29, 0.717) is 12.8 Å². The molecule has 0 radical (unpaired) electrons. The summed E-state index contributed by atoms with van der Waals surface area (Å²) in [4.78, 5) is 21.5. The van der Waals surface area contributed by atoms with Crippen LogP contribution in [0, 0.1) is 5.92 Å². The second kappa shape index (κ2) is 4.27. The van der Waals surface area contributed by atoms with Crippen LogP contribution in [0.5, 0.6) is 0 Å². The SMILES string of the molecule is O=CC1CCCCCC(=O)C1. The van der Waals surface area contributed by atoms with Gasteiger partial charge in [-0.3, -0.25) is 4.79 Å². The molecule has 1 atom stereocenters. The molecule has 0 spiro atoms. The maximum absolute atomic E-state index is 11.0. The zero-order chi connectivity index (χ0) is 8.10. The van der Waals surface area contributed by atoms with Gasteiger partial charge in [-0.05, 0) is 12.8 Å². The van der Waals surface area contributed by atoms with Crippen LogP contribution >= 0.6 is 0 Å². The normalized spacial score (nSPS) is 27.3. The Labute approximate surface area is 67.0 Å². The maximum atomic E-state index is 11.0.